The lowest BCUT2D eigenvalue weighted by atomic mass is 10.1. The number of aliphatic hydroxyl groups is 7. The number of aliphatic hydroxyl groups excluding tert-OH is 7. The van der Waals surface area contributed by atoms with Crippen LogP contribution in [0.1, 0.15) is 12.6 Å². The predicted molar refractivity (Wildman–Crippen MR) is 123 cm³/mol. The van der Waals surface area contributed by atoms with Crippen molar-refractivity contribution in [3.63, 3.8) is 0 Å². The van der Waals surface area contributed by atoms with Gasteiger partial charge in [-0.15, -0.1) is 16.9 Å². The molecule has 0 saturated heterocycles. The zero-order chi connectivity index (χ0) is 26.1. The number of nitrogens with zero attached hydrogens (tertiary/aromatic N) is 3. The van der Waals surface area contributed by atoms with Gasteiger partial charge in [0.25, 0.3) is 0 Å². The molecular formula is C20H39N3O11S. The zero-order valence-corrected chi connectivity index (χ0v) is 20.6. The van der Waals surface area contributed by atoms with Crippen LogP contribution in [0.4, 0.5) is 0 Å². The summed E-state index contributed by atoms with van der Waals surface area (Å²) >= 11 is 1.38. The fourth-order valence-electron chi connectivity index (χ4n) is 2.44. The van der Waals surface area contributed by atoms with Gasteiger partial charge >= 0.3 is 0 Å². The summed E-state index contributed by atoms with van der Waals surface area (Å²) in [4.78, 5) is 0. The molecule has 0 spiro atoms. The molecule has 1 aromatic rings. The number of rotatable bonds is 22. The Balaban J connectivity index is 2.23. The van der Waals surface area contributed by atoms with Crippen LogP contribution in [0.25, 0.3) is 0 Å². The predicted octanol–water partition coefficient (Wildman–Crippen LogP) is -3.08. The van der Waals surface area contributed by atoms with Gasteiger partial charge in [-0.1, -0.05) is 12.1 Å². The van der Waals surface area contributed by atoms with Crippen molar-refractivity contribution in [1.82, 2.24) is 15.0 Å². The summed E-state index contributed by atoms with van der Waals surface area (Å²) in [7, 11) is 0. The van der Waals surface area contributed by atoms with Gasteiger partial charge in [0.15, 0.2) is 0 Å². The Morgan fingerprint density at radius 2 is 1.54 bits per heavy atom. The van der Waals surface area contributed by atoms with Gasteiger partial charge < -0.3 is 54.7 Å². The molecule has 5 atom stereocenters. The van der Waals surface area contributed by atoms with Gasteiger partial charge in [0, 0.05) is 24.5 Å². The van der Waals surface area contributed by atoms with Crippen LogP contribution >= 0.6 is 11.8 Å². The minimum atomic E-state index is -1.19. The van der Waals surface area contributed by atoms with E-state index in [0.717, 1.165) is 0 Å². The molecule has 0 aromatic carbocycles. The average Bonchev–Trinajstić information content (AvgIpc) is 3.31. The third-order valence-electron chi connectivity index (χ3n) is 4.87. The third-order valence-corrected chi connectivity index (χ3v) is 5.67. The second-order valence-electron chi connectivity index (χ2n) is 7.91. The van der Waals surface area contributed by atoms with Crippen molar-refractivity contribution in [2.45, 2.75) is 49.7 Å². The summed E-state index contributed by atoms with van der Waals surface area (Å²) in [6, 6.07) is 0. The highest BCUT2D eigenvalue weighted by Crippen LogP contribution is 2.12. The summed E-state index contributed by atoms with van der Waals surface area (Å²) in [5, 5.41) is 73.9. The first-order chi connectivity index (χ1) is 16.8. The van der Waals surface area contributed by atoms with E-state index in [1.807, 2.05) is 0 Å². The smallest absolute Gasteiger partial charge is 0.147 e. The molecule has 15 heteroatoms. The topological polar surface area (TPSA) is 209 Å². The molecule has 1 heterocycles. The molecule has 14 nitrogen and oxygen atoms in total. The molecule has 35 heavy (non-hydrogen) atoms. The Morgan fingerprint density at radius 1 is 0.857 bits per heavy atom. The highest BCUT2D eigenvalue weighted by Gasteiger charge is 2.20. The van der Waals surface area contributed by atoms with Crippen LogP contribution in [0.3, 0.4) is 0 Å². The summed E-state index contributed by atoms with van der Waals surface area (Å²) in [6.07, 6.45) is -2.88. The third kappa shape index (κ3) is 13.8. The van der Waals surface area contributed by atoms with Gasteiger partial charge in [-0.3, -0.25) is 0 Å². The van der Waals surface area contributed by atoms with Crippen LogP contribution in [0.2, 0.25) is 0 Å². The quantitative estimate of drug-likeness (QED) is 0.0587. The summed E-state index contributed by atoms with van der Waals surface area (Å²) in [5.74, 6) is 0.353. The van der Waals surface area contributed by atoms with Gasteiger partial charge in [-0.05, 0) is 0 Å². The highest BCUT2D eigenvalue weighted by atomic mass is 32.2. The lowest BCUT2D eigenvalue weighted by molar-refractivity contribution is -0.135. The van der Waals surface area contributed by atoms with E-state index in [9.17, 15) is 20.4 Å². The first-order valence-corrected chi connectivity index (χ1v) is 12.3. The number of hydrogen-bond donors (Lipinski definition) is 7. The minimum absolute atomic E-state index is 0.00624. The van der Waals surface area contributed by atoms with Crippen molar-refractivity contribution >= 4 is 11.8 Å². The SMILES string of the molecule is CC(CO)C(O)COCC(O)C(O)Cn1cc(CSCOC(CO)COCOC(CO)CO)nn1. The van der Waals surface area contributed by atoms with Crippen LogP contribution < -0.4 is 0 Å². The second kappa shape index (κ2) is 19.2. The minimum Gasteiger partial charge on any atom is -0.396 e. The van der Waals surface area contributed by atoms with E-state index in [-0.39, 0.29) is 71.4 Å². The normalized spacial score (nSPS) is 16.4. The zero-order valence-electron chi connectivity index (χ0n) is 19.8. The number of hydrogen-bond acceptors (Lipinski definition) is 14. The molecule has 5 unspecified atom stereocenters. The molecular weight excluding hydrogens is 490 g/mol. The molecule has 0 aliphatic carbocycles. The van der Waals surface area contributed by atoms with E-state index in [2.05, 4.69) is 10.3 Å². The van der Waals surface area contributed by atoms with Gasteiger partial charge in [-0.2, -0.15) is 0 Å². The van der Waals surface area contributed by atoms with Crippen LogP contribution in [0.15, 0.2) is 6.20 Å². The van der Waals surface area contributed by atoms with Gasteiger partial charge in [0.05, 0.1) is 63.9 Å². The van der Waals surface area contributed by atoms with Crippen molar-refractivity contribution in [3.8, 4) is 0 Å². The summed E-state index contributed by atoms with van der Waals surface area (Å²) in [6.45, 7) is 0.227. The second-order valence-corrected chi connectivity index (χ2v) is 8.84. The Labute approximate surface area is 208 Å². The van der Waals surface area contributed by atoms with Gasteiger partial charge in [0.1, 0.15) is 31.2 Å². The van der Waals surface area contributed by atoms with Crippen LogP contribution in [0, 0.1) is 5.92 Å². The number of thioether (sulfide) groups is 1. The molecule has 0 fully saturated rings. The standard InChI is InChI=1S/C20H39N3O11S/c1-14(4-24)19(29)9-31-10-20(30)18(28)3-23-2-15(21-22-23)11-35-13-34-17(7-27)8-32-12-33-16(5-25)6-26/h2,14,16-20,24-30H,3-13H2,1H3. The fourth-order valence-corrected chi connectivity index (χ4v) is 3.16. The van der Waals surface area contributed by atoms with Crippen molar-refractivity contribution < 1.29 is 54.7 Å². The van der Waals surface area contributed by atoms with E-state index < -0.39 is 30.5 Å². The number of aromatic nitrogens is 3. The molecule has 0 bridgehead atoms. The molecule has 1 aromatic heterocycles. The van der Waals surface area contributed by atoms with Gasteiger partial charge in [0.2, 0.25) is 0 Å². The van der Waals surface area contributed by atoms with Crippen LogP contribution in [0.5, 0.6) is 0 Å². The molecule has 0 aliphatic heterocycles. The summed E-state index contributed by atoms with van der Waals surface area (Å²) < 4.78 is 22.4. The molecule has 0 saturated carbocycles. The lowest BCUT2D eigenvalue weighted by Gasteiger charge is -2.20. The highest BCUT2D eigenvalue weighted by molar-refractivity contribution is 7.98. The van der Waals surface area contributed by atoms with Crippen molar-refractivity contribution in [1.29, 1.82) is 0 Å². The van der Waals surface area contributed by atoms with E-state index in [1.54, 1.807) is 13.1 Å². The van der Waals surface area contributed by atoms with Crippen molar-refractivity contribution in [2.24, 2.45) is 5.92 Å². The summed E-state index contributed by atoms with van der Waals surface area (Å²) in [5.41, 5.74) is 0.627. The molecule has 7 N–H and O–H groups in total. The molecule has 206 valence electrons. The fraction of sp³-hybridized carbons (Fsp3) is 0.900. The molecule has 0 radical (unpaired) electrons. The van der Waals surface area contributed by atoms with E-state index in [1.165, 1.54) is 16.4 Å². The van der Waals surface area contributed by atoms with Crippen LogP contribution in [-0.4, -0.2) is 140 Å². The average molecular weight is 530 g/mol. The maximum absolute atomic E-state index is 10.1. The Kier molecular flexibility index (Phi) is 17.6. The molecule has 0 amide bonds. The van der Waals surface area contributed by atoms with E-state index in [0.29, 0.717) is 11.4 Å². The van der Waals surface area contributed by atoms with Crippen molar-refractivity contribution in [2.75, 3.05) is 59.0 Å². The monoisotopic (exact) mass is 529 g/mol. The van der Waals surface area contributed by atoms with Gasteiger partial charge in [-0.25, -0.2) is 4.68 Å². The Bertz CT molecular complexity index is 641. The van der Waals surface area contributed by atoms with Crippen LogP contribution in [-0.2, 0) is 31.2 Å². The molecule has 1 rings (SSSR count). The molecule has 0 aliphatic rings. The number of ether oxygens (including phenoxy) is 4. The Hall–Kier alpha value is -0.950. The van der Waals surface area contributed by atoms with E-state index >= 15 is 0 Å². The Morgan fingerprint density at radius 3 is 2.20 bits per heavy atom. The first kappa shape index (κ1) is 32.1. The first-order valence-electron chi connectivity index (χ1n) is 11.2. The largest absolute Gasteiger partial charge is 0.396 e. The maximum atomic E-state index is 10.1. The maximum Gasteiger partial charge on any atom is 0.147 e. The lowest BCUT2D eigenvalue weighted by Crippen LogP contribution is -2.36. The van der Waals surface area contributed by atoms with E-state index in [4.69, 9.17) is 34.3 Å². The van der Waals surface area contributed by atoms with Crippen molar-refractivity contribution in [3.05, 3.63) is 11.9 Å².